The van der Waals surface area contributed by atoms with Crippen LogP contribution in [0.4, 0.5) is 4.79 Å². The summed E-state index contributed by atoms with van der Waals surface area (Å²) in [4.78, 5) is 54.3. The number of nitrogens with zero attached hydrogens (tertiary/aromatic N) is 1. The Morgan fingerprint density at radius 1 is 1.25 bits per heavy atom. The lowest BCUT2D eigenvalue weighted by Crippen LogP contribution is -2.46. The van der Waals surface area contributed by atoms with E-state index >= 15 is 0 Å². The van der Waals surface area contributed by atoms with E-state index in [4.69, 9.17) is 9.15 Å². The Morgan fingerprint density at radius 3 is 2.72 bits per heavy atom. The zero-order chi connectivity index (χ0) is 23.1. The molecule has 2 heterocycles. The van der Waals surface area contributed by atoms with Crippen molar-refractivity contribution in [2.75, 3.05) is 6.54 Å². The fraction of sp³-hybridized carbons (Fsp3) is 0.435. The van der Waals surface area contributed by atoms with Gasteiger partial charge in [0.05, 0.1) is 12.2 Å². The van der Waals surface area contributed by atoms with Crippen LogP contribution in [0.25, 0.3) is 0 Å². The number of oxazole rings is 1. The van der Waals surface area contributed by atoms with Gasteiger partial charge in [0.1, 0.15) is 12.4 Å². The Bertz CT molecular complexity index is 969. The first-order valence-corrected chi connectivity index (χ1v) is 10.6. The van der Waals surface area contributed by atoms with Crippen LogP contribution in [-0.4, -0.2) is 41.1 Å². The standard InChI is InChI=1S/C23H27N3O6/c1-14(2)20(26-23(30)31-13-15-6-4-3-5-7-15)18(27)10-16-11-19-25-12-17(32-19)8-9-24-22(29)21(16)28/h3-7,12,14,16,20H,8-11,13H2,1-2H3,(H,24,29)(H,26,30). The molecular weight excluding hydrogens is 414 g/mol. The maximum atomic E-state index is 13.0. The summed E-state index contributed by atoms with van der Waals surface area (Å²) in [6, 6.07) is 8.30. The lowest BCUT2D eigenvalue weighted by Gasteiger charge is -2.23. The summed E-state index contributed by atoms with van der Waals surface area (Å²) in [5, 5.41) is 5.13. The molecule has 2 aromatic rings. The van der Waals surface area contributed by atoms with Gasteiger partial charge < -0.3 is 19.8 Å². The van der Waals surface area contributed by atoms with E-state index in [1.165, 1.54) is 0 Å². The molecule has 0 spiro atoms. The number of aromatic nitrogens is 1. The number of carbonyl (C=O) groups excluding carboxylic acids is 4. The van der Waals surface area contributed by atoms with Crippen LogP contribution in [-0.2, 0) is 38.6 Å². The molecule has 3 rings (SSSR count). The van der Waals surface area contributed by atoms with Crippen molar-refractivity contribution in [1.82, 2.24) is 15.6 Å². The number of benzene rings is 1. The molecule has 0 radical (unpaired) electrons. The van der Waals surface area contributed by atoms with Crippen LogP contribution in [0.2, 0.25) is 0 Å². The second-order valence-electron chi connectivity index (χ2n) is 8.09. The Morgan fingerprint density at radius 2 is 2.00 bits per heavy atom. The predicted octanol–water partition coefficient (Wildman–Crippen LogP) is 1.98. The summed E-state index contributed by atoms with van der Waals surface area (Å²) in [7, 11) is 0. The van der Waals surface area contributed by atoms with Crippen LogP contribution in [0.15, 0.2) is 40.9 Å². The third-order valence-electron chi connectivity index (χ3n) is 5.22. The first kappa shape index (κ1) is 23.2. The molecule has 0 fully saturated rings. The second kappa shape index (κ2) is 10.7. The van der Waals surface area contributed by atoms with Crippen LogP contribution < -0.4 is 10.6 Å². The van der Waals surface area contributed by atoms with Crippen molar-refractivity contribution in [3.05, 3.63) is 53.7 Å². The van der Waals surface area contributed by atoms with E-state index in [1.807, 2.05) is 30.3 Å². The predicted molar refractivity (Wildman–Crippen MR) is 113 cm³/mol. The lowest BCUT2D eigenvalue weighted by atomic mass is 9.88. The molecule has 1 aliphatic rings. The minimum atomic E-state index is -0.935. The monoisotopic (exact) mass is 441 g/mol. The van der Waals surface area contributed by atoms with Crippen molar-refractivity contribution in [2.24, 2.45) is 11.8 Å². The van der Waals surface area contributed by atoms with Crippen LogP contribution in [0.3, 0.4) is 0 Å². The highest BCUT2D eigenvalue weighted by Gasteiger charge is 2.34. The fourth-order valence-corrected chi connectivity index (χ4v) is 3.48. The highest BCUT2D eigenvalue weighted by molar-refractivity contribution is 6.37. The zero-order valence-corrected chi connectivity index (χ0v) is 18.1. The van der Waals surface area contributed by atoms with Gasteiger partial charge in [0.2, 0.25) is 5.78 Å². The number of rotatable bonds is 7. The Kier molecular flexibility index (Phi) is 7.75. The third-order valence-corrected chi connectivity index (χ3v) is 5.22. The van der Waals surface area contributed by atoms with E-state index in [1.54, 1.807) is 20.0 Å². The molecule has 1 aromatic carbocycles. The van der Waals surface area contributed by atoms with Crippen molar-refractivity contribution < 1.29 is 28.3 Å². The third kappa shape index (κ3) is 6.26. The molecule has 2 unspecified atom stereocenters. The quantitative estimate of drug-likeness (QED) is 0.629. The molecule has 2 amide bonds. The van der Waals surface area contributed by atoms with E-state index in [2.05, 4.69) is 15.6 Å². The van der Waals surface area contributed by atoms with Crippen LogP contribution in [0.1, 0.15) is 37.5 Å². The Labute approximate surface area is 185 Å². The van der Waals surface area contributed by atoms with Crippen molar-refractivity contribution in [1.29, 1.82) is 0 Å². The number of amides is 2. The van der Waals surface area contributed by atoms with Crippen molar-refractivity contribution in [2.45, 2.75) is 45.8 Å². The largest absolute Gasteiger partial charge is 0.446 e. The molecule has 9 nitrogen and oxygen atoms in total. The topological polar surface area (TPSA) is 128 Å². The number of Topliss-reactive ketones (excluding diaryl/α,β-unsaturated/α-hetero) is 2. The van der Waals surface area contributed by atoms with Gasteiger partial charge in [-0.3, -0.25) is 14.4 Å². The minimum Gasteiger partial charge on any atom is -0.446 e. The first-order valence-electron chi connectivity index (χ1n) is 10.6. The maximum absolute atomic E-state index is 13.0. The molecule has 0 aliphatic carbocycles. The summed E-state index contributed by atoms with van der Waals surface area (Å²) in [6.07, 6.45) is 1.05. The van der Waals surface area contributed by atoms with Gasteiger partial charge in [-0.2, -0.15) is 0 Å². The van der Waals surface area contributed by atoms with Gasteiger partial charge in [0.15, 0.2) is 11.7 Å². The number of ketones is 2. The van der Waals surface area contributed by atoms with Crippen LogP contribution >= 0.6 is 0 Å². The lowest BCUT2D eigenvalue weighted by molar-refractivity contribution is -0.141. The minimum absolute atomic E-state index is 0.0290. The molecule has 32 heavy (non-hydrogen) atoms. The number of ether oxygens (including phenoxy) is 1. The molecule has 1 aromatic heterocycles. The fourth-order valence-electron chi connectivity index (χ4n) is 3.48. The van der Waals surface area contributed by atoms with E-state index in [0.29, 0.717) is 18.1 Å². The van der Waals surface area contributed by atoms with Gasteiger partial charge in [-0.05, 0) is 11.5 Å². The van der Waals surface area contributed by atoms with Crippen LogP contribution in [0.5, 0.6) is 0 Å². The second-order valence-corrected chi connectivity index (χ2v) is 8.09. The zero-order valence-electron chi connectivity index (χ0n) is 18.1. The summed E-state index contributed by atoms with van der Waals surface area (Å²) in [6.45, 7) is 3.87. The summed E-state index contributed by atoms with van der Waals surface area (Å²) in [5.41, 5.74) is 0.818. The van der Waals surface area contributed by atoms with E-state index in [0.717, 1.165) is 5.56 Å². The molecule has 2 bridgehead atoms. The van der Waals surface area contributed by atoms with Gasteiger partial charge in [-0.15, -0.1) is 0 Å². The van der Waals surface area contributed by atoms with E-state index in [-0.39, 0.29) is 37.7 Å². The van der Waals surface area contributed by atoms with Gasteiger partial charge >= 0.3 is 6.09 Å². The highest BCUT2D eigenvalue weighted by Crippen LogP contribution is 2.19. The van der Waals surface area contributed by atoms with Gasteiger partial charge in [0.25, 0.3) is 5.91 Å². The summed E-state index contributed by atoms with van der Waals surface area (Å²) >= 11 is 0. The Balaban J connectivity index is 1.65. The number of hydrogen-bond donors (Lipinski definition) is 2. The SMILES string of the molecule is CC(C)C(NC(=O)OCc1ccccc1)C(=O)CC1Cc2ncc(o2)CCNC(=O)C1=O. The number of fused-ring (bicyclic) bond motifs is 2. The normalized spacial score (nSPS) is 17.4. The summed E-state index contributed by atoms with van der Waals surface area (Å²) < 4.78 is 10.8. The van der Waals surface area contributed by atoms with E-state index in [9.17, 15) is 19.2 Å². The number of carbonyl (C=O) groups is 4. The van der Waals surface area contributed by atoms with Crippen LogP contribution in [0, 0.1) is 11.8 Å². The Hall–Kier alpha value is -3.49. The molecule has 0 saturated carbocycles. The molecule has 1 aliphatic heterocycles. The molecular formula is C23H27N3O6. The smallest absolute Gasteiger partial charge is 0.408 e. The molecule has 2 N–H and O–H groups in total. The van der Waals surface area contributed by atoms with Crippen molar-refractivity contribution >= 4 is 23.6 Å². The summed E-state index contributed by atoms with van der Waals surface area (Å²) in [5.74, 6) is -2.08. The molecule has 170 valence electrons. The number of alkyl carbamates (subject to hydrolysis) is 1. The average Bonchev–Trinajstić information content (AvgIpc) is 3.21. The van der Waals surface area contributed by atoms with E-state index < -0.39 is 29.7 Å². The maximum Gasteiger partial charge on any atom is 0.408 e. The van der Waals surface area contributed by atoms with Gasteiger partial charge in [-0.25, -0.2) is 9.78 Å². The first-order chi connectivity index (χ1) is 15.3. The van der Waals surface area contributed by atoms with Crippen molar-refractivity contribution in [3.63, 3.8) is 0 Å². The highest BCUT2D eigenvalue weighted by atomic mass is 16.5. The number of hydrogen-bond acceptors (Lipinski definition) is 7. The number of nitrogens with one attached hydrogen (secondary N) is 2. The molecule has 9 heteroatoms. The van der Waals surface area contributed by atoms with Gasteiger partial charge in [0, 0.05) is 31.7 Å². The molecule has 2 atom stereocenters. The van der Waals surface area contributed by atoms with Crippen molar-refractivity contribution in [3.8, 4) is 0 Å². The van der Waals surface area contributed by atoms with Gasteiger partial charge in [-0.1, -0.05) is 44.2 Å². The molecule has 0 saturated heterocycles. The average molecular weight is 441 g/mol.